The molecule has 1 aliphatic heterocycles. The van der Waals surface area contributed by atoms with Crippen molar-refractivity contribution in [3.63, 3.8) is 0 Å². The van der Waals surface area contributed by atoms with Crippen molar-refractivity contribution < 1.29 is 4.42 Å². The lowest BCUT2D eigenvalue weighted by molar-refractivity contribution is 0.169. The molecule has 0 bridgehead atoms. The maximum absolute atomic E-state index is 6.00. The Morgan fingerprint density at radius 1 is 1.09 bits per heavy atom. The summed E-state index contributed by atoms with van der Waals surface area (Å²) in [4.78, 5) is 13.4. The first-order valence-electron chi connectivity index (χ1n) is 8.30. The third-order valence-corrected chi connectivity index (χ3v) is 4.51. The van der Waals surface area contributed by atoms with Gasteiger partial charge in [-0.05, 0) is 19.1 Å². The molecule has 1 atom stereocenters. The van der Waals surface area contributed by atoms with Crippen molar-refractivity contribution in [2.24, 2.45) is 0 Å². The highest BCUT2D eigenvalue weighted by Gasteiger charge is 2.27. The molecule has 0 N–H and O–H groups in total. The Hall–Kier alpha value is -1.88. The van der Waals surface area contributed by atoms with Crippen molar-refractivity contribution in [1.82, 2.24) is 14.9 Å². The number of anilines is 1. The first-order chi connectivity index (χ1) is 10.9. The number of oxazole rings is 1. The van der Waals surface area contributed by atoms with Crippen LogP contribution in [-0.2, 0) is 5.41 Å². The first-order valence-corrected chi connectivity index (χ1v) is 8.30. The highest BCUT2D eigenvalue weighted by atomic mass is 16.4. The molecular formula is C18H26N4O. The number of pyridine rings is 1. The zero-order chi connectivity index (χ0) is 16.4. The van der Waals surface area contributed by atoms with Crippen LogP contribution in [0.1, 0.15) is 45.4 Å². The summed E-state index contributed by atoms with van der Waals surface area (Å²) in [6.07, 6.45) is 5.58. The lowest BCUT2D eigenvalue weighted by Gasteiger charge is -2.38. The van der Waals surface area contributed by atoms with Gasteiger partial charge >= 0.3 is 0 Å². The molecule has 1 aliphatic rings. The van der Waals surface area contributed by atoms with Crippen LogP contribution < -0.4 is 4.90 Å². The van der Waals surface area contributed by atoms with Crippen molar-refractivity contribution in [1.29, 1.82) is 0 Å². The summed E-state index contributed by atoms with van der Waals surface area (Å²) in [5.74, 6) is 1.78. The Bertz CT molecular complexity index is 624. The molecule has 3 rings (SSSR count). The molecule has 0 amide bonds. The van der Waals surface area contributed by atoms with Crippen molar-refractivity contribution in [2.75, 3.05) is 31.1 Å². The van der Waals surface area contributed by atoms with E-state index in [1.165, 1.54) is 5.69 Å². The summed E-state index contributed by atoms with van der Waals surface area (Å²) in [6, 6.07) is 4.36. The Morgan fingerprint density at radius 3 is 2.30 bits per heavy atom. The number of aromatic nitrogens is 2. The highest BCUT2D eigenvalue weighted by molar-refractivity contribution is 5.45. The molecule has 0 unspecified atom stereocenters. The number of hydrogen-bond donors (Lipinski definition) is 0. The zero-order valence-corrected chi connectivity index (χ0v) is 14.5. The molecule has 1 saturated heterocycles. The third-order valence-electron chi connectivity index (χ3n) is 4.51. The van der Waals surface area contributed by atoms with E-state index in [1.807, 2.05) is 18.6 Å². The van der Waals surface area contributed by atoms with E-state index in [4.69, 9.17) is 4.42 Å². The SMILES string of the molecule is C[C@H](c1ncc(C(C)(C)C)o1)N1CCN(c2ccncc2)CC1. The summed E-state index contributed by atoms with van der Waals surface area (Å²) in [5.41, 5.74) is 1.25. The van der Waals surface area contributed by atoms with Crippen LogP contribution in [0, 0.1) is 0 Å². The second kappa shape index (κ2) is 6.32. The van der Waals surface area contributed by atoms with Gasteiger partial charge in [-0.15, -0.1) is 0 Å². The standard InChI is InChI=1S/C18H26N4O/c1-14(17-20-13-16(23-17)18(2,3)4)21-9-11-22(12-10-21)15-5-7-19-8-6-15/h5-8,13-14H,9-12H2,1-4H3/t14-/m1/s1. The predicted octanol–water partition coefficient (Wildman–Crippen LogP) is 3.25. The number of piperazine rings is 1. The normalized spacial score (nSPS) is 18.2. The van der Waals surface area contributed by atoms with Gasteiger partial charge in [-0.25, -0.2) is 4.98 Å². The molecule has 5 heteroatoms. The van der Waals surface area contributed by atoms with Gasteiger partial charge < -0.3 is 9.32 Å². The van der Waals surface area contributed by atoms with Crippen molar-refractivity contribution >= 4 is 5.69 Å². The van der Waals surface area contributed by atoms with Crippen molar-refractivity contribution in [2.45, 2.75) is 39.2 Å². The van der Waals surface area contributed by atoms with E-state index < -0.39 is 0 Å². The summed E-state index contributed by atoms with van der Waals surface area (Å²) in [5, 5.41) is 0. The van der Waals surface area contributed by atoms with Gasteiger partial charge in [0.05, 0.1) is 12.2 Å². The molecule has 0 saturated carbocycles. The molecule has 0 aliphatic carbocycles. The fourth-order valence-electron chi connectivity index (χ4n) is 2.91. The zero-order valence-electron chi connectivity index (χ0n) is 14.5. The molecule has 23 heavy (non-hydrogen) atoms. The molecule has 0 radical (unpaired) electrons. The summed E-state index contributed by atoms with van der Waals surface area (Å²) in [6.45, 7) is 12.7. The van der Waals surface area contributed by atoms with E-state index in [0.717, 1.165) is 37.8 Å². The van der Waals surface area contributed by atoms with Gasteiger partial charge in [0.15, 0.2) is 0 Å². The number of nitrogens with zero attached hydrogens (tertiary/aromatic N) is 4. The van der Waals surface area contributed by atoms with Gasteiger partial charge in [0.25, 0.3) is 0 Å². The average molecular weight is 314 g/mol. The molecular weight excluding hydrogens is 288 g/mol. The van der Waals surface area contributed by atoms with Gasteiger partial charge in [0.2, 0.25) is 5.89 Å². The molecule has 3 heterocycles. The fraction of sp³-hybridized carbons (Fsp3) is 0.556. The van der Waals surface area contributed by atoms with E-state index in [1.54, 1.807) is 0 Å². The summed E-state index contributed by atoms with van der Waals surface area (Å²) < 4.78 is 6.00. The van der Waals surface area contributed by atoms with Crippen LogP contribution in [0.15, 0.2) is 35.1 Å². The molecule has 0 spiro atoms. The van der Waals surface area contributed by atoms with Crippen LogP contribution >= 0.6 is 0 Å². The lowest BCUT2D eigenvalue weighted by atomic mass is 9.94. The topological polar surface area (TPSA) is 45.4 Å². The minimum Gasteiger partial charge on any atom is -0.443 e. The largest absolute Gasteiger partial charge is 0.443 e. The van der Waals surface area contributed by atoms with Crippen LogP contribution in [0.5, 0.6) is 0 Å². The molecule has 0 aromatic carbocycles. The molecule has 2 aromatic rings. The summed E-state index contributed by atoms with van der Waals surface area (Å²) >= 11 is 0. The van der Waals surface area contributed by atoms with Crippen LogP contribution in [-0.4, -0.2) is 41.0 Å². The maximum Gasteiger partial charge on any atom is 0.211 e. The van der Waals surface area contributed by atoms with Gasteiger partial charge in [-0.1, -0.05) is 20.8 Å². The Kier molecular flexibility index (Phi) is 4.39. The molecule has 1 fully saturated rings. The average Bonchev–Trinajstić information content (AvgIpc) is 3.05. The van der Waals surface area contributed by atoms with E-state index in [9.17, 15) is 0 Å². The van der Waals surface area contributed by atoms with Gasteiger partial charge in [0, 0.05) is 49.7 Å². The van der Waals surface area contributed by atoms with Gasteiger partial charge in [0.1, 0.15) is 5.76 Å². The lowest BCUT2D eigenvalue weighted by Crippen LogP contribution is -2.47. The second-order valence-electron chi connectivity index (χ2n) is 7.22. The van der Waals surface area contributed by atoms with Crippen LogP contribution in [0.2, 0.25) is 0 Å². The third kappa shape index (κ3) is 3.55. The van der Waals surface area contributed by atoms with Gasteiger partial charge in [-0.3, -0.25) is 9.88 Å². The molecule has 5 nitrogen and oxygen atoms in total. The van der Waals surface area contributed by atoms with E-state index in [0.29, 0.717) is 0 Å². The monoisotopic (exact) mass is 314 g/mol. The van der Waals surface area contributed by atoms with Crippen LogP contribution in [0.3, 0.4) is 0 Å². The minimum absolute atomic E-state index is 0.00497. The Labute approximate surface area is 138 Å². The highest BCUT2D eigenvalue weighted by Crippen LogP contribution is 2.28. The van der Waals surface area contributed by atoms with Crippen LogP contribution in [0.25, 0.3) is 0 Å². The predicted molar refractivity (Wildman–Crippen MR) is 91.6 cm³/mol. The molecule has 2 aromatic heterocycles. The smallest absolute Gasteiger partial charge is 0.211 e. The van der Waals surface area contributed by atoms with Crippen LogP contribution in [0.4, 0.5) is 5.69 Å². The van der Waals surface area contributed by atoms with Crippen molar-refractivity contribution in [3.8, 4) is 0 Å². The van der Waals surface area contributed by atoms with E-state index in [-0.39, 0.29) is 11.5 Å². The fourth-order valence-corrected chi connectivity index (χ4v) is 2.91. The molecule has 124 valence electrons. The quantitative estimate of drug-likeness (QED) is 0.870. The van der Waals surface area contributed by atoms with Gasteiger partial charge in [-0.2, -0.15) is 0 Å². The van der Waals surface area contributed by atoms with E-state index in [2.05, 4.69) is 59.6 Å². The Balaban J connectivity index is 1.62. The Morgan fingerprint density at radius 2 is 1.74 bits per heavy atom. The summed E-state index contributed by atoms with van der Waals surface area (Å²) in [7, 11) is 0. The van der Waals surface area contributed by atoms with Crippen molar-refractivity contribution in [3.05, 3.63) is 42.4 Å². The second-order valence-corrected chi connectivity index (χ2v) is 7.22. The maximum atomic E-state index is 6.00. The van der Waals surface area contributed by atoms with E-state index >= 15 is 0 Å². The number of hydrogen-bond acceptors (Lipinski definition) is 5. The first kappa shape index (κ1) is 16.0. The minimum atomic E-state index is 0.00497. The number of rotatable bonds is 3.